The van der Waals surface area contributed by atoms with E-state index in [4.69, 9.17) is 9.47 Å². The molecule has 2 nitrogen and oxygen atoms in total. The van der Waals surface area contributed by atoms with E-state index in [0.717, 1.165) is 26.1 Å². The Morgan fingerprint density at radius 3 is 2.29 bits per heavy atom. The molecular weight excluding hydrogens is 336 g/mol. The Hall–Kier alpha value is -0.810. The number of benzene rings is 1. The van der Waals surface area contributed by atoms with E-state index in [1.165, 1.54) is 19.5 Å². The van der Waals surface area contributed by atoms with Crippen molar-refractivity contribution < 1.29 is 9.47 Å². The van der Waals surface area contributed by atoms with Crippen molar-refractivity contribution in [2.75, 3.05) is 20.3 Å². The smallest absolute Gasteiger partial charge is 0.106 e. The summed E-state index contributed by atoms with van der Waals surface area (Å²) in [5.41, 5.74) is 1.42. The predicted octanol–water partition coefficient (Wildman–Crippen LogP) is 5.85. The highest BCUT2D eigenvalue weighted by atomic mass is 32.2. The van der Waals surface area contributed by atoms with Crippen LogP contribution in [-0.2, 0) is 20.5 Å². The Labute approximate surface area is 153 Å². The van der Waals surface area contributed by atoms with Crippen LogP contribution in [0, 0.1) is 0 Å². The molecule has 1 aromatic heterocycles. The van der Waals surface area contributed by atoms with Gasteiger partial charge in [0.25, 0.3) is 0 Å². The van der Waals surface area contributed by atoms with Crippen molar-refractivity contribution in [3.8, 4) is 0 Å². The van der Waals surface area contributed by atoms with Crippen molar-refractivity contribution in [2.45, 2.75) is 53.7 Å². The molecule has 2 heterocycles. The van der Waals surface area contributed by atoms with Gasteiger partial charge in [0, 0.05) is 42.9 Å². The van der Waals surface area contributed by atoms with Gasteiger partial charge in [-0.1, -0.05) is 44.7 Å². The summed E-state index contributed by atoms with van der Waals surface area (Å²) in [6.07, 6.45) is 1.88. The zero-order valence-electron chi connectivity index (χ0n) is 14.9. The van der Waals surface area contributed by atoms with E-state index < -0.39 is 0 Å². The monoisotopic (exact) mass is 362 g/mol. The number of methoxy groups -OCH3 is 1. The maximum Gasteiger partial charge on any atom is 0.106 e. The van der Waals surface area contributed by atoms with Crippen LogP contribution in [0.1, 0.15) is 44.1 Å². The third-order valence-electron chi connectivity index (χ3n) is 4.66. The van der Waals surface area contributed by atoms with Crippen molar-refractivity contribution in [2.24, 2.45) is 0 Å². The lowest BCUT2D eigenvalue weighted by Gasteiger charge is -2.35. The van der Waals surface area contributed by atoms with Gasteiger partial charge in [-0.3, -0.25) is 0 Å². The fraction of sp³-hybridized carbons (Fsp3) is 0.500. The normalized spacial score (nSPS) is 17.8. The van der Waals surface area contributed by atoms with Crippen LogP contribution in [0.5, 0.6) is 0 Å². The topological polar surface area (TPSA) is 18.5 Å². The number of thiophene rings is 1. The Morgan fingerprint density at radius 1 is 1.04 bits per heavy atom. The third kappa shape index (κ3) is 3.88. The standard InChI is InChI=1S/C20H26O2S2/c1-19(2,3)15-5-7-16(8-6-15)23-18-10-9-17(24-18)20(21-4)11-13-22-14-12-20/h5-10H,11-14H2,1-4H3. The summed E-state index contributed by atoms with van der Waals surface area (Å²) < 4.78 is 12.7. The minimum atomic E-state index is -0.155. The molecule has 130 valence electrons. The van der Waals surface area contributed by atoms with Crippen molar-refractivity contribution in [3.05, 3.63) is 46.8 Å². The second-order valence-electron chi connectivity index (χ2n) is 7.31. The third-order valence-corrected chi connectivity index (χ3v) is 7.07. The molecule has 2 aromatic rings. The highest BCUT2D eigenvalue weighted by Gasteiger charge is 2.35. The van der Waals surface area contributed by atoms with Gasteiger partial charge < -0.3 is 9.47 Å². The van der Waals surface area contributed by atoms with Gasteiger partial charge in [0.1, 0.15) is 5.60 Å². The van der Waals surface area contributed by atoms with Crippen LogP contribution in [-0.4, -0.2) is 20.3 Å². The Balaban J connectivity index is 1.74. The van der Waals surface area contributed by atoms with Crippen molar-refractivity contribution in [1.82, 2.24) is 0 Å². The highest BCUT2D eigenvalue weighted by molar-refractivity contribution is 8.01. The molecule has 0 radical (unpaired) electrons. The van der Waals surface area contributed by atoms with E-state index in [2.05, 4.69) is 57.2 Å². The van der Waals surface area contributed by atoms with Gasteiger partial charge in [-0.05, 0) is 35.2 Å². The average Bonchev–Trinajstić information content (AvgIpc) is 3.04. The van der Waals surface area contributed by atoms with E-state index in [9.17, 15) is 0 Å². The number of ether oxygens (including phenoxy) is 2. The first kappa shape index (κ1) is 18.0. The first-order valence-corrected chi connectivity index (χ1v) is 10.1. The summed E-state index contributed by atoms with van der Waals surface area (Å²) in [7, 11) is 1.82. The van der Waals surface area contributed by atoms with E-state index in [-0.39, 0.29) is 11.0 Å². The number of rotatable bonds is 4. The van der Waals surface area contributed by atoms with Gasteiger partial charge in [0.2, 0.25) is 0 Å². The van der Waals surface area contributed by atoms with E-state index in [1.807, 2.05) is 30.2 Å². The average molecular weight is 363 g/mol. The molecule has 0 unspecified atom stereocenters. The van der Waals surface area contributed by atoms with Crippen LogP contribution in [0.15, 0.2) is 45.5 Å². The van der Waals surface area contributed by atoms with Crippen molar-refractivity contribution in [1.29, 1.82) is 0 Å². The molecule has 0 spiro atoms. The number of hydrogen-bond acceptors (Lipinski definition) is 4. The number of hydrogen-bond donors (Lipinski definition) is 0. The molecule has 24 heavy (non-hydrogen) atoms. The SMILES string of the molecule is COC1(c2ccc(Sc3ccc(C(C)(C)C)cc3)s2)CCOCC1. The summed E-state index contributed by atoms with van der Waals surface area (Å²) in [4.78, 5) is 2.61. The van der Waals surface area contributed by atoms with E-state index in [0.29, 0.717) is 0 Å². The van der Waals surface area contributed by atoms with Crippen LogP contribution in [0.25, 0.3) is 0 Å². The molecule has 4 heteroatoms. The molecule has 0 aliphatic carbocycles. The van der Waals surface area contributed by atoms with Gasteiger partial charge in [-0.15, -0.1) is 11.3 Å². The quantitative estimate of drug-likeness (QED) is 0.680. The van der Waals surface area contributed by atoms with Crippen molar-refractivity contribution in [3.63, 3.8) is 0 Å². The molecule has 1 aliphatic heterocycles. The van der Waals surface area contributed by atoms with E-state index in [1.54, 1.807) is 0 Å². The summed E-state index contributed by atoms with van der Waals surface area (Å²) >= 11 is 3.68. The van der Waals surface area contributed by atoms with Crippen LogP contribution < -0.4 is 0 Å². The fourth-order valence-corrected chi connectivity index (χ4v) is 5.34. The van der Waals surface area contributed by atoms with Crippen LogP contribution in [0.4, 0.5) is 0 Å². The van der Waals surface area contributed by atoms with E-state index >= 15 is 0 Å². The Kier molecular flexibility index (Phi) is 5.40. The van der Waals surface area contributed by atoms with Gasteiger partial charge in [0.15, 0.2) is 0 Å². The Bertz CT molecular complexity index is 662. The lowest BCUT2D eigenvalue weighted by atomic mass is 9.87. The molecule has 1 saturated heterocycles. The lowest BCUT2D eigenvalue weighted by Crippen LogP contribution is -2.34. The molecule has 0 atom stereocenters. The van der Waals surface area contributed by atoms with Crippen LogP contribution >= 0.6 is 23.1 Å². The first-order chi connectivity index (χ1) is 11.4. The lowest BCUT2D eigenvalue weighted by molar-refractivity contribution is -0.0925. The Morgan fingerprint density at radius 2 is 1.71 bits per heavy atom. The largest absolute Gasteiger partial charge is 0.381 e. The molecule has 0 N–H and O–H groups in total. The minimum absolute atomic E-state index is 0.155. The molecule has 1 aliphatic rings. The maximum atomic E-state index is 5.90. The van der Waals surface area contributed by atoms with Crippen molar-refractivity contribution >= 4 is 23.1 Å². The molecule has 1 aromatic carbocycles. The van der Waals surface area contributed by atoms with Crippen LogP contribution in [0.2, 0.25) is 0 Å². The van der Waals surface area contributed by atoms with Crippen LogP contribution in [0.3, 0.4) is 0 Å². The van der Waals surface area contributed by atoms with Gasteiger partial charge in [-0.25, -0.2) is 0 Å². The van der Waals surface area contributed by atoms with Gasteiger partial charge >= 0.3 is 0 Å². The molecular formula is C20H26O2S2. The predicted molar refractivity (Wildman–Crippen MR) is 102 cm³/mol. The first-order valence-electron chi connectivity index (χ1n) is 8.45. The highest BCUT2D eigenvalue weighted by Crippen LogP contribution is 2.43. The zero-order chi connectivity index (χ0) is 17.2. The van der Waals surface area contributed by atoms with Gasteiger partial charge in [-0.2, -0.15) is 0 Å². The fourth-order valence-electron chi connectivity index (χ4n) is 3.01. The zero-order valence-corrected chi connectivity index (χ0v) is 16.6. The molecule has 0 amide bonds. The second-order valence-corrected chi connectivity index (χ2v) is 9.76. The molecule has 1 fully saturated rings. The molecule has 0 bridgehead atoms. The summed E-state index contributed by atoms with van der Waals surface area (Å²) in [5, 5.41) is 0. The molecule has 0 saturated carbocycles. The molecule has 3 rings (SSSR count). The minimum Gasteiger partial charge on any atom is -0.381 e. The second kappa shape index (κ2) is 7.20. The summed E-state index contributed by atoms with van der Waals surface area (Å²) in [5.74, 6) is 0. The summed E-state index contributed by atoms with van der Waals surface area (Å²) in [6.45, 7) is 8.31. The van der Waals surface area contributed by atoms with Gasteiger partial charge in [0.05, 0.1) is 4.21 Å². The maximum absolute atomic E-state index is 5.90. The summed E-state index contributed by atoms with van der Waals surface area (Å²) in [6, 6.07) is 13.4.